The predicted molar refractivity (Wildman–Crippen MR) is 74.9 cm³/mol. The third kappa shape index (κ3) is 1.88. The second-order valence-corrected chi connectivity index (χ2v) is 7.37. The van der Waals surface area contributed by atoms with Crippen molar-refractivity contribution < 1.29 is 4.74 Å². The average molecular weight is 255 g/mol. The molecule has 1 spiro atoms. The Kier molecular flexibility index (Phi) is 2.56. The molecule has 2 fully saturated rings. The summed E-state index contributed by atoms with van der Waals surface area (Å²) in [6, 6.07) is 11.2. The molecule has 0 atom stereocenters. The van der Waals surface area contributed by atoms with E-state index < -0.39 is 0 Å². The minimum absolute atomic E-state index is 0.133. The maximum atomic E-state index is 9.64. The van der Waals surface area contributed by atoms with Gasteiger partial charge in [0, 0.05) is 5.41 Å². The van der Waals surface area contributed by atoms with E-state index in [1.165, 1.54) is 11.1 Å². The molecule has 1 saturated carbocycles. The molecular weight excluding hydrogens is 234 g/mol. The SMILES string of the molecule is CC(C)(C)c1cccc(C2(C#N)CC3(COC3)C2)c1. The maximum Gasteiger partial charge on any atom is 0.0836 e. The summed E-state index contributed by atoms with van der Waals surface area (Å²) >= 11 is 0. The van der Waals surface area contributed by atoms with Gasteiger partial charge in [0.25, 0.3) is 0 Å². The van der Waals surface area contributed by atoms with E-state index in [4.69, 9.17) is 4.74 Å². The van der Waals surface area contributed by atoms with Crippen molar-refractivity contribution in [3.63, 3.8) is 0 Å². The summed E-state index contributed by atoms with van der Waals surface area (Å²) in [5.74, 6) is 0. The van der Waals surface area contributed by atoms with Crippen molar-refractivity contribution >= 4 is 0 Å². The molecule has 1 aromatic rings. The lowest BCUT2D eigenvalue weighted by molar-refractivity contribution is -0.178. The molecule has 0 aromatic heterocycles. The van der Waals surface area contributed by atoms with Crippen LogP contribution in [0.3, 0.4) is 0 Å². The van der Waals surface area contributed by atoms with Crippen LogP contribution in [0.25, 0.3) is 0 Å². The zero-order valence-corrected chi connectivity index (χ0v) is 12.0. The smallest absolute Gasteiger partial charge is 0.0836 e. The van der Waals surface area contributed by atoms with Crippen molar-refractivity contribution in [2.75, 3.05) is 13.2 Å². The van der Waals surface area contributed by atoms with Crippen LogP contribution in [0.5, 0.6) is 0 Å². The molecule has 3 rings (SSSR count). The van der Waals surface area contributed by atoms with Crippen molar-refractivity contribution in [3.8, 4) is 6.07 Å². The minimum Gasteiger partial charge on any atom is -0.380 e. The Bertz CT molecular complexity index is 535. The second-order valence-electron chi connectivity index (χ2n) is 7.37. The van der Waals surface area contributed by atoms with Crippen LogP contribution in [0.4, 0.5) is 0 Å². The van der Waals surface area contributed by atoms with Gasteiger partial charge in [-0.25, -0.2) is 0 Å². The summed E-state index contributed by atoms with van der Waals surface area (Å²) in [6.45, 7) is 8.33. The lowest BCUT2D eigenvalue weighted by Crippen LogP contribution is -2.59. The van der Waals surface area contributed by atoms with E-state index in [1.807, 2.05) is 0 Å². The van der Waals surface area contributed by atoms with Gasteiger partial charge in [-0.2, -0.15) is 5.26 Å². The molecule has 19 heavy (non-hydrogen) atoms. The van der Waals surface area contributed by atoms with Gasteiger partial charge in [-0.3, -0.25) is 0 Å². The van der Waals surface area contributed by atoms with Gasteiger partial charge in [0.05, 0.1) is 24.7 Å². The van der Waals surface area contributed by atoms with Crippen LogP contribution in [-0.2, 0) is 15.6 Å². The first-order chi connectivity index (χ1) is 8.89. The lowest BCUT2D eigenvalue weighted by atomic mass is 9.50. The molecule has 0 unspecified atom stereocenters. The normalized spacial score (nSPS) is 23.3. The first-order valence-corrected chi connectivity index (χ1v) is 6.99. The fraction of sp³-hybridized carbons (Fsp3) is 0.588. The van der Waals surface area contributed by atoms with Crippen molar-refractivity contribution in [1.82, 2.24) is 0 Å². The molecule has 100 valence electrons. The first-order valence-electron chi connectivity index (χ1n) is 6.99. The molecule has 1 heterocycles. The highest BCUT2D eigenvalue weighted by Gasteiger charge is 2.59. The second kappa shape index (κ2) is 3.84. The van der Waals surface area contributed by atoms with Gasteiger partial charge >= 0.3 is 0 Å². The maximum absolute atomic E-state index is 9.64. The van der Waals surface area contributed by atoms with E-state index in [2.05, 4.69) is 51.1 Å². The van der Waals surface area contributed by atoms with Crippen molar-refractivity contribution in [1.29, 1.82) is 5.26 Å². The molecule has 0 bridgehead atoms. The summed E-state index contributed by atoms with van der Waals surface area (Å²) in [6.07, 6.45) is 1.92. The van der Waals surface area contributed by atoms with E-state index in [-0.39, 0.29) is 10.8 Å². The van der Waals surface area contributed by atoms with Crippen LogP contribution in [0, 0.1) is 16.7 Å². The fourth-order valence-corrected chi connectivity index (χ4v) is 3.45. The topological polar surface area (TPSA) is 33.0 Å². The Hall–Kier alpha value is -1.33. The average Bonchev–Trinajstić information content (AvgIpc) is 2.26. The molecule has 0 amide bonds. The number of ether oxygens (including phenoxy) is 1. The van der Waals surface area contributed by atoms with Gasteiger partial charge in [-0.05, 0) is 29.4 Å². The van der Waals surface area contributed by atoms with Crippen molar-refractivity contribution in [2.45, 2.75) is 44.4 Å². The van der Waals surface area contributed by atoms with E-state index in [9.17, 15) is 5.26 Å². The molecule has 0 N–H and O–H groups in total. The number of benzene rings is 1. The highest BCUT2D eigenvalue weighted by molar-refractivity contribution is 5.42. The number of rotatable bonds is 1. The number of hydrogen-bond acceptors (Lipinski definition) is 2. The van der Waals surface area contributed by atoms with Crippen LogP contribution >= 0.6 is 0 Å². The van der Waals surface area contributed by atoms with Crippen LogP contribution in [0.1, 0.15) is 44.7 Å². The Morgan fingerprint density at radius 3 is 2.37 bits per heavy atom. The van der Waals surface area contributed by atoms with Gasteiger partial charge in [0.15, 0.2) is 0 Å². The molecule has 0 radical (unpaired) electrons. The summed E-state index contributed by atoms with van der Waals surface area (Å²) in [7, 11) is 0. The zero-order chi connectivity index (χ0) is 13.7. The molecular formula is C17H21NO. The number of nitriles is 1. The standard InChI is InChI=1S/C17H21NO/c1-15(2,3)13-5-4-6-14(7-13)17(10-18)8-16(9-17)11-19-12-16/h4-7H,8-9,11-12H2,1-3H3. The molecule has 2 heteroatoms. The summed E-state index contributed by atoms with van der Waals surface area (Å²) < 4.78 is 5.32. The summed E-state index contributed by atoms with van der Waals surface area (Å²) in [5, 5.41) is 9.64. The van der Waals surface area contributed by atoms with Gasteiger partial charge < -0.3 is 4.74 Å². The third-order valence-corrected chi connectivity index (χ3v) is 4.67. The van der Waals surface area contributed by atoms with Gasteiger partial charge in [-0.15, -0.1) is 0 Å². The van der Waals surface area contributed by atoms with E-state index in [1.54, 1.807) is 0 Å². The molecule has 1 aromatic carbocycles. The summed E-state index contributed by atoms with van der Waals surface area (Å²) in [5.41, 5.74) is 2.68. The Labute approximate surface area is 115 Å². The molecule has 1 aliphatic carbocycles. The van der Waals surface area contributed by atoms with E-state index in [0.717, 1.165) is 26.1 Å². The van der Waals surface area contributed by atoms with Crippen molar-refractivity contribution in [2.24, 2.45) is 5.41 Å². The van der Waals surface area contributed by atoms with Crippen molar-refractivity contribution in [3.05, 3.63) is 35.4 Å². The fourth-order valence-electron chi connectivity index (χ4n) is 3.45. The molecule has 2 aliphatic rings. The van der Waals surface area contributed by atoms with Gasteiger partial charge in [-0.1, -0.05) is 45.0 Å². The molecule has 1 saturated heterocycles. The minimum atomic E-state index is -0.273. The van der Waals surface area contributed by atoms with Crippen LogP contribution < -0.4 is 0 Å². The Morgan fingerprint density at radius 1 is 1.21 bits per heavy atom. The third-order valence-electron chi connectivity index (χ3n) is 4.67. The predicted octanol–water partition coefficient (Wildman–Crippen LogP) is 3.56. The highest BCUT2D eigenvalue weighted by Crippen LogP contribution is 2.59. The van der Waals surface area contributed by atoms with Crippen LogP contribution in [0.15, 0.2) is 24.3 Å². The van der Waals surface area contributed by atoms with Gasteiger partial charge in [0.1, 0.15) is 0 Å². The van der Waals surface area contributed by atoms with Gasteiger partial charge in [0.2, 0.25) is 0 Å². The monoisotopic (exact) mass is 255 g/mol. The van der Waals surface area contributed by atoms with Crippen LogP contribution in [0.2, 0.25) is 0 Å². The summed E-state index contributed by atoms with van der Waals surface area (Å²) in [4.78, 5) is 0. The molecule has 1 aliphatic heterocycles. The number of hydrogen-bond donors (Lipinski definition) is 0. The Morgan fingerprint density at radius 2 is 1.89 bits per heavy atom. The van der Waals surface area contributed by atoms with E-state index >= 15 is 0 Å². The quantitative estimate of drug-likeness (QED) is 0.768. The lowest BCUT2D eigenvalue weighted by Gasteiger charge is -2.57. The Balaban J connectivity index is 1.92. The largest absolute Gasteiger partial charge is 0.380 e. The van der Waals surface area contributed by atoms with E-state index in [0.29, 0.717) is 5.41 Å². The zero-order valence-electron chi connectivity index (χ0n) is 12.0. The first kappa shape index (κ1) is 12.7. The molecule has 2 nitrogen and oxygen atoms in total. The highest BCUT2D eigenvalue weighted by atomic mass is 16.5. The van der Waals surface area contributed by atoms with Crippen LogP contribution in [-0.4, -0.2) is 13.2 Å². The number of nitrogens with zero attached hydrogens (tertiary/aromatic N) is 1.